The molecule has 0 aliphatic carbocycles. The molecule has 10 heteroatoms. The Labute approximate surface area is 237 Å². The van der Waals surface area contributed by atoms with Crippen molar-refractivity contribution in [3.8, 4) is 29.5 Å². The van der Waals surface area contributed by atoms with Crippen molar-refractivity contribution in [2.24, 2.45) is 0 Å². The molecule has 0 saturated carbocycles. The molecule has 5 aromatic rings. The number of fused-ring (bicyclic) bond motifs is 1. The Bertz CT molecular complexity index is 1780. The van der Waals surface area contributed by atoms with E-state index in [0.29, 0.717) is 46.2 Å². The van der Waals surface area contributed by atoms with E-state index in [9.17, 15) is 10.1 Å². The lowest BCUT2D eigenvalue weighted by molar-refractivity contribution is 0.00691. The maximum atomic E-state index is 12.6. The Balaban J connectivity index is 1.56. The fraction of sp³-hybridized carbons (Fsp3) is 0.194. The zero-order valence-electron chi connectivity index (χ0n) is 23.1. The van der Waals surface area contributed by atoms with Gasteiger partial charge in [0.05, 0.1) is 23.4 Å². The van der Waals surface area contributed by atoms with Crippen molar-refractivity contribution in [2.75, 3.05) is 5.73 Å². The van der Waals surface area contributed by atoms with Crippen molar-refractivity contribution in [1.82, 2.24) is 19.5 Å². The smallest absolute Gasteiger partial charge is 0.338 e. The minimum Gasteiger partial charge on any atom is -0.456 e. The standard InChI is InChI=1S/C31H28N6O4/c1-19-34-26-27(37(19)18-20-9-6-5-7-10-20)35-30(36-28(26)39-24-14-13-22(17-32)25(33)16-24)40-23-12-8-11-21(15-23)29(38)41-31(2,3)4/h5-16H,18,33H2,1-4H3. The zero-order chi connectivity index (χ0) is 29.1. The molecule has 0 aliphatic rings. The molecule has 206 valence electrons. The van der Waals surface area contributed by atoms with Gasteiger partial charge in [-0.2, -0.15) is 15.2 Å². The number of imidazole rings is 1. The number of rotatable bonds is 7. The van der Waals surface area contributed by atoms with Gasteiger partial charge in [0.2, 0.25) is 0 Å². The first-order chi connectivity index (χ1) is 19.6. The van der Waals surface area contributed by atoms with Gasteiger partial charge in [-0.05, 0) is 63.6 Å². The summed E-state index contributed by atoms with van der Waals surface area (Å²) in [5, 5.41) is 9.23. The van der Waals surface area contributed by atoms with Crippen molar-refractivity contribution in [3.63, 3.8) is 0 Å². The van der Waals surface area contributed by atoms with Gasteiger partial charge in [-0.25, -0.2) is 9.78 Å². The van der Waals surface area contributed by atoms with E-state index in [1.165, 1.54) is 0 Å². The molecule has 0 fully saturated rings. The molecule has 0 saturated heterocycles. The van der Waals surface area contributed by atoms with Crippen LogP contribution in [0, 0.1) is 18.3 Å². The summed E-state index contributed by atoms with van der Waals surface area (Å²) in [6, 6.07) is 23.3. The van der Waals surface area contributed by atoms with E-state index in [2.05, 4.69) is 9.97 Å². The lowest BCUT2D eigenvalue weighted by Gasteiger charge is -2.19. The highest BCUT2D eigenvalue weighted by Crippen LogP contribution is 2.32. The highest BCUT2D eigenvalue weighted by molar-refractivity contribution is 5.90. The number of nitrogens with two attached hydrogens (primary N) is 1. The topological polar surface area (TPSA) is 138 Å². The van der Waals surface area contributed by atoms with Crippen LogP contribution in [-0.4, -0.2) is 31.1 Å². The molecule has 0 amide bonds. The van der Waals surface area contributed by atoms with Crippen molar-refractivity contribution in [2.45, 2.75) is 39.8 Å². The normalized spacial score (nSPS) is 11.2. The number of esters is 1. The lowest BCUT2D eigenvalue weighted by atomic mass is 10.1. The second-order valence-electron chi connectivity index (χ2n) is 10.3. The summed E-state index contributed by atoms with van der Waals surface area (Å²) >= 11 is 0. The largest absolute Gasteiger partial charge is 0.456 e. The maximum absolute atomic E-state index is 12.6. The van der Waals surface area contributed by atoms with Gasteiger partial charge in [-0.15, -0.1) is 0 Å². The third-order valence-electron chi connectivity index (χ3n) is 5.95. The number of nitriles is 1. The average Bonchev–Trinajstić information content (AvgIpc) is 3.23. The van der Waals surface area contributed by atoms with E-state index < -0.39 is 11.6 Å². The molecule has 0 aliphatic heterocycles. The Hall–Kier alpha value is -5.43. The van der Waals surface area contributed by atoms with Crippen LogP contribution in [0.3, 0.4) is 0 Å². The fourth-order valence-corrected chi connectivity index (χ4v) is 4.08. The predicted molar refractivity (Wildman–Crippen MR) is 153 cm³/mol. The van der Waals surface area contributed by atoms with Crippen LogP contribution in [0.15, 0.2) is 72.8 Å². The lowest BCUT2D eigenvalue weighted by Crippen LogP contribution is -2.23. The van der Waals surface area contributed by atoms with Gasteiger partial charge in [0.25, 0.3) is 5.88 Å². The molecule has 0 spiro atoms. The fourth-order valence-electron chi connectivity index (χ4n) is 4.08. The van der Waals surface area contributed by atoms with Gasteiger partial charge in [0.1, 0.15) is 29.0 Å². The minimum atomic E-state index is -0.641. The molecular formula is C31H28N6O4. The second kappa shape index (κ2) is 11.0. The first kappa shape index (κ1) is 27.1. The number of hydrogen-bond acceptors (Lipinski definition) is 9. The van der Waals surface area contributed by atoms with Crippen LogP contribution < -0.4 is 15.2 Å². The molecular weight excluding hydrogens is 520 g/mol. The summed E-state index contributed by atoms with van der Waals surface area (Å²) in [6.45, 7) is 7.80. The average molecular weight is 549 g/mol. The number of hydrogen-bond donors (Lipinski definition) is 1. The SMILES string of the molecule is Cc1nc2c(Oc3ccc(C#N)c(N)c3)nc(Oc3cccc(C(=O)OC(C)(C)C)c3)nc2n1Cc1ccccc1. The molecule has 0 unspecified atom stereocenters. The van der Waals surface area contributed by atoms with E-state index in [-0.39, 0.29) is 17.6 Å². The molecule has 0 bridgehead atoms. The maximum Gasteiger partial charge on any atom is 0.338 e. The van der Waals surface area contributed by atoms with Crippen LogP contribution in [0.4, 0.5) is 5.69 Å². The molecule has 2 N–H and O–H groups in total. The van der Waals surface area contributed by atoms with E-state index in [1.807, 2.05) is 47.9 Å². The molecule has 0 radical (unpaired) electrons. The Morgan fingerprint density at radius 2 is 1.71 bits per heavy atom. The third kappa shape index (κ3) is 6.25. The molecule has 2 heterocycles. The monoisotopic (exact) mass is 548 g/mol. The number of nitrogens with zero attached hydrogens (tertiary/aromatic N) is 5. The Morgan fingerprint density at radius 3 is 2.41 bits per heavy atom. The number of aromatic nitrogens is 4. The van der Waals surface area contributed by atoms with Gasteiger partial charge in [-0.1, -0.05) is 36.4 Å². The minimum absolute atomic E-state index is 0.00957. The number of nitrogen functional groups attached to an aromatic ring is 1. The summed E-state index contributed by atoms with van der Waals surface area (Å²) in [4.78, 5) is 26.5. The molecule has 3 aromatic carbocycles. The van der Waals surface area contributed by atoms with Crippen LogP contribution in [0.1, 0.15) is 48.1 Å². The van der Waals surface area contributed by atoms with E-state index in [0.717, 1.165) is 5.56 Å². The summed E-state index contributed by atoms with van der Waals surface area (Å²) in [7, 11) is 0. The van der Waals surface area contributed by atoms with Crippen LogP contribution in [0.5, 0.6) is 23.4 Å². The molecule has 41 heavy (non-hydrogen) atoms. The molecule has 0 atom stereocenters. The van der Waals surface area contributed by atoms with Gasteiger partial charge in [0, 0.05) is 6.07 Å². The Morgan fingerprint density at radius 1 is 0.951 bits per heavy atom. The van der Waals surface area contributed by atoms with Gasteiger partial charge in [0.15, 0.2) is 11.2 Å². The van der Waals surface area contributed by atoms with Crippen LogP contribution in [-0.2, 0) is 11.3 Å². The highest BCUT2D eigenvalue weighted by Gasteiger charge is 2.21. The van der Waals surface area contributed by atoms with Crippen molar-refractivity contribution in [3.05, 3.63) is 95.3 Å². The van der Waals surface area contributed by atoms with Crippen LogP contribution in [0.2, 0.25) is 0 Å². The number of ether oxygens (including phenoxy) is 3. The Kier molecular flexibility index (Phi) is 7.27. The van der Waals surface area contributed by atoms with Gasteiger partial charge in [-0.3, -0.25) is 0 Å². The van der Waals surface area contributed by atoms with E-state index in [1.54, 1.807) is 63.2 Å². The number of carbonyl (C=O) groups excluding carboxylic acids is 1. The van der Waals surface area contributed by atoms with Crippen molar-refractivity contribution < 1.29 is 19.0 Å². The van der Waals surface area contributed by atoms with Crippen molar-refractivity contribution in [1.29, 1.82) is 5.26 Å². The van der Waals surface area contributed by atoms with E-state index >= 15 is 0 Å². The number of carbonyl (C=O) groups is 1. The van der Waals surface area contributed by atoms with Gasteiger partial charge < -0.3 is 24.5 Å². The molecule has 10 nitrogen and oxygen atoms in total. The number of anilines is 1. The summed E-state index contributed by atoms with van der Waals surface area (Å²) < 4.78 is 19.6. The summed E-state index contributed by atoms with van der Waals surface area (Å²) in [6.07, 6.45) is 0. The number of benzene rings is 3. The first-order valence-electron chi connectivity index (χ1n) is 12.9. The van der Waals surface area contributed by atoms with Gasteiger partial charge >= 0.3 is 12.0 Å². The summed E-state index contributed by atoms with van der Waals surface area (Å²) in [5.74, 6) is 1.08. The predicted octanol–water partition coefficient (Wildman–Crippen LogP) is 6.18. The summed E-state index contributed by atoms with van der Waals surface area (Å²) in [5.41, 5.74) is 8.28. The third-order valence-corrected chi connectivity index (χ3v) is 5.95. The quantitative estimate of drug-likeness (QED) is 0.187. The molecule has 5 rings (SSSR count). The van der Waals surface area contributed by atoms with E-state index in [4.69, 9.17) is 24.9 Å². The van der Waals surface area contributed by atoms with Crippen LogP contribution in [0.25, 0.3) is 11.2 Å². The highest BCUT2D eigenvalue weighted by atomic mass is 16.6. The van der Waals surface area contributed by atoms with Crippen molar-refractivity contribution >= 4 is 22.8 Å². The second-order valence-corrected chi connectivity index (χ2v) is 10.3. The molecule has 2 aromatic heterocycles. The van der Waals surface area contributed by atoms with Crippen LogP contribution >= 0.6 is 0 Å². The first-order valence-corrected chi connectivity index (χ1v) is 12.9. The number of aryl methyl sites for hydroxylation is 1. The zero-order valence-corrected chi connectivity index (χ0v) is 23.1.